The Hall–Kier alpha value is -2.80. The number of furan rings is 1. The Morgan fingerprint density at radius 3 is 2.50 bits per heavy atom. The fourth-order valence-corrected chi connectivity index (χ4v) is 3.47. The van der Waals surface area contributed by atoms with Gasteiger partial charge in [0, 0.05) is 24.7 Å². The Kier molecular flexibility index (Phi) is 6.36. The Labute approximate surface area is 165 Å². The van der Waals surface area contributed by atoms with Gasteiger partial charge in [0.05, 0.1) is 4.90 Å². The van der Waals surface area contributed by atoms with E-state index in [2.05, 4.69) is 15.6 Å². The van der Waals surface area contributed by atoms with E-state index in [0.29, 0.717) is 18.0 Å². The van der Waals surface area contributed by atoms with E-state index in [4.69, 9.17) is 4.42 Å². The van der Waals surface area contributed by atoms with Gasteiger partial charge in [-0.2, -0.15) is 0 Å². The number of guanidine groups is 1. The van der Waals surface area contributed by atoms with Crippen LogP contribution in [-0.4, -0.2) is 33.7 Å². The molecule has 0 amide bonds. The minimum absolute atomic E-state index is 0.338. The standard InChI is InChI=1S/C21H25N3O3S/c1-3-22-21(24-15-18-14-17-6-4-5-7-20(17)27-18)23-13-12-16-8-10-19(11-9-16)28(2,25)26/h4-11,14H,3,12-13,15H2,1-2H3,(H2,22,23,24). The molecule has 2 aromatic carbocycles. The van der Waals surface area contributed by atoms with Crippen LogP contribution in [0.1, 0.15) is 18.2 Å². The molecule has 0 fully saturated rings. The van der Waals surface area contributed by atoms with E-state index in [1.807, 2.05) is 49.4 Å². The van der Waals surface area contributed by atoms with Crippen molar-refractivity contribution in [3.05, 3.63) is 65.9 Å². The van der Waals surface area contributed by atoms with Crippen LogP contribution in [0.5, 0.6) is 0 Å². The lowest BCUT2D eigenvalue weighted by molar-refractivity contribution is 0.551. The van der Waals surface area contributed by atoms with E-state index in [0.717, 1.165) is 41.2 Å². The van der Waals surface area contributed by atoms with Crippen molar-refractivity contribution in [3.8, 4) is 0 Å². The zero-order valence-corrected chi connectivity index (χ0v) is 16.9. The molecule has 7 heteroatoms. The van der Waals surface area contributed by atoms with Gasteiger partial charge in [-0.3, -0.25) is 0 Å². The van der Waals surface area contributed by atoms with Gasteiger partial charge in [0.2, 0.25) is 0 Å². The topological polar surface area (TPSA) is 83.7 Å². The van der Waals surface area contributed by atoms with Gasteiger partial charge in [0.15, 0.2) is 15.8 Å². The first-order chi connectivity index (χ1) is 13.5. The number of nitrogens with zero attached hydrogens (tertiary/aromatic N) is 1. The molecule has 1 aromatic heterocycles. The van der Waals surface area contributed by atoms with Crippen molar-refractivity contribution >= 4 is 26.8 Å². The normalized spacial score (nSPS) is 12.3. The average Bonchev–Trinajstić information content (AvgIpc) is 3.09. The van der Waals surface area contributed by atoms with Crippen LogP contribution in [0.15, 0.2) is 68.9 Å². The summed E-state index contributed by atoms with van der Waals surface area (Å²) in [6.07, 6.45) is 1.98. The molecule has 148 valence electrons. The highest BCUT2D eigenvalue weighted by Gasteiger charge is 2.06. The van der Waals surface area contributed by atoms with Crippen molar-refractivity contribution in [2.24, 2.45) is 4.99 Å². The van der Waals surface area contributed by atoms with Crippen molar-refractivity contribution in [1.29, 1.82) is 0 Å². The molecule has 0 saturated carbocycles. The third-order valence-electron chi connectivity index (χ3n) is 4.27. The minimum Gasteiger partial charge on any atom is -0.459 e. The predicted octanol–water partition coefficient (Wildman–Crippen LogP) is 3.13. The number of sulfone groups is 1. The van der Waals surface area contributed by atoms with Gasteiger partial charge >= 0.3 is 0 Å². The van der Waals surface area contributed by atoms with Crippen LogP contribution in [0, 0.1) is 0 Å². The van der Waals surface area contributed by atoms with Crippen molar-refractivity contribution in [2.45, 2.75) is 24.8 Å². The molecule has 0 saturated heterocycles. The molecule has 0 unspecified atom stereocenters. The summed E-state index contributed by atoms with van der Waals surface area (Å²) in [6, 6.07) is 16.9. The zero-order valence-electron chi connectivity index (χ0n) is 16.1. The van der Waals surface area contributed by atoms with Gasteiger partial charge in [-0.05, 0) is 43.2 Å². The smallest absolute Gasteiger partial charge is 0.191 e. The lowest BCUT2D eigenvalue weighted by Crippen LogP contribution is -2.38. The highest BCUT2D eigenvalue weighted by molar-refractivity contribution is 7.90. The largest absolute Gasteiger partial charge is 0.459 e. The van der Waals surface area contributed by atoms with Gasteiger partial charge < -0.3 is 15.1 Å². The molecular weight excluding hydrogens is 374 g/mol. The van der Waals surface area contributed by atoms with Crippen LogP contribution in [0.25, 0.3) is 11.0 Å². The maximum Gasteiger partial charge on any atom is 0.191 e. The van der Waals surface area contributed by atoms with E-state index in [9.17, 15) is 8.42 Å². The third kappa shape index (κ3) is 5.36. The van der Waals surface area contributed by atoms with Crippen LogP contribution in [0.2, 0.25) is 0 Å². The van der Waals surface area contributed by atoms with E-state index in [-0.39, 0.29) is 0 Å². The molecule has 0 atom stereocenters. The van der Waals surface area contributed by atoms with Gasteiger partial charge in [-0.25, -0.2) is 13.4 Å². The van der Waals surface area contributed by atoms with E-state index in [1.54, 1.807) is 12.1 Å². The van der Waals surface area contributed by atoms with Gasteiger partial charge in [0.25, 0.3) is 0 Å². The Bertz CT molecular complexity index is 1020. The Morgan fingerprint density at radius 1 is 1.07 bits per heavy atom. The number of fused-ring (bicyclic) bond motifs is 1. The second kappa shape index (κ2) is 8.93. The molecule has 1 heterocycles. The minimum atomic E-state index is -3.16. The van der Waals surface area contributed by atoms with Crippen LogP contribution < -0.4 is 10.6 Å². The fraction of sp³-hybridized carbons (Fsp3) is 0.286. The molecule has 0 aliphatic heterocycles. The van der Waals surface area contributed by atoms with Gasteiger partial charge in [-0.15, -0.1) is 0 Å². The first kappa shape index (κ1) is 19.9. The highest BCUT2D eigenvalue weighted by atomic mass is 32.2. The molecule has 0 bridgehead atoms. The second-order valence-electron chi connectivity index (χ2n) is 6.54. The number of aliphatic imine (C=N–C) groups is 1. The Balaban J connectivity index is 1.57. The molecule has 0 radical (unpaired) electrons. The molecule has 0 aliphatic carbocycles. The maximum absolute atomic E-state index is 11.5. The number of benzene rings is 2. The van der Waals surface area contributed by atoms with Crippen LogP contribution in [0.3, 0.4) is 0 Å². The van der Waals surface area contributed by atoms with Gasteiger partial charge in [0.1, 0.15) is 17.9 Å². The molecular formula is C21H25N3O3S. The fourth-order valence-electron chi connectivity index (χ4n) is 2.84. The van der Waals surface area contributed by atoms with E-state index in [1.165, 1.54) is 6.26 Å². The second-order valence-corrected chi connectivity index (χ2v) is 8.55. The van der Waals surface area contributed by atoms with Crippen LogP contribution in [-0.2, 0) is 22.8 Å². The van der Waals surface area contributed by atoms with Crippen LogP contribution in [0.4, 0.5) is 0 Å². The summed E-state index contributed by atoms with van der Waals surface area (Å²) >= 11 is 0. The number of hydrogen-bond donors (Lipinski definition) is 2. The molecule has 0 spiro atoms. The first-order valence-electron chi connectivity index (χ1n) is 9.24. The zero-order chi connectivity index (χ0) is 20.0. The molecule has 6 nitrogen and oxygen atoms in total. The lowest BCUT2D eigenvalue weighted by Gasteiger charge is -2.11. The average molecular weight is 400 g/mol. The summed E-state index contributed by atoms with van der Waals surface area (Å²) in [4.78, 5) is 4.92. The SMILES string of the molecule is CCNC(=NCc1cc2ccccc2o1)NCCc1ccc(S(C)(=O)=O)cc1. The maximum atomic E-state index is 11.5. The highest BCUT2D eigenvalue weighted by Crippen LogP contribution is 2.19. The number of hydrogen-bond acceptors (Lipinski definition) is 4. The van der Waals surface area contributed by atoms with Crippen molar-refractivity contribution in [3.63, 3.8) is 0 Å². The molecule has 0 aliphatic rings. The number of para-hydroxylation sites is 1. The molecule has 28 heavy (non-hydrogen) atoms. The molecule has 2 N–H and O–H groups in total. The number of nitrogens with one attached hydrogen (secondary N) is 2. The number of rotatable bonds is 7. The summed E-state index contributed by atoms with van der Waals surface area (Å²) in [6.45, 7) is 3.91. The summed E-state index contributed by atoms with van der Waals surface area (Å²) in [7, 11) is -3.16. The van der Waals surface area contributed by atoms with Crippen molar-refractivity contribution in [1.82, 2.24) is 10.6 Å². The third-order valence-corrected chi connectivity index (χ3v) is 5.40. The summed E-state index contributed by atoms with van der Waals surface area (Å²) < 4.78 is 28.8. The van der Waals surface area contributed by atoms with E-state index >= 15 is 0 Å². The summed E-state index contributed by atoms with van der Waals surface area (Å²) in [5, 5.41) is 7.59. The van der Waals surface area contributed by atoms with Crippen LogP contribution >= 0.6 is 0 Å². The molecule has 3 aromatic rings. The molecule has 3 rings (SSSR count). The van der Waals surface area contributed by atoms with Gasteiger partial charge in [-0.1, -0.05) is 30.3 Å². The first-order valence-corrected chi connectivity index (χ1v) is 11.1. The Morgan fingerprint density at radius 2 is 1.82 bits per heavy atom. The quantitative estimate of drug-likeness (QED) is 0.471. The van der Waals surface area contributed by atoms with Crippen molar-refractivity contribution in [2.75, 3.05) is 19.3 Å². The summed E-state index contributed by atoms with van der Waals surface area (Å²) in [5.74, 6) is 1.53. The lowest BCUT2D eigenvalue weighted by atomic mass is 10.1. The van der Waals surface area contributed by atoms with Crippen molar-refractivity contribution < 1.29 is 12.8 Å². The summed E-state index contributed by atoms with van der Waals surface area (Å²) in [5.41, 5.74) is 1.93. The van der Waals surface area contributed by atoms with E-state index < -0.39 is 9.84 Å². The predicted molar refractivity (Wildman–Crippen MR) is 112 cm³/mol. The monoisotopic (exact) mass is 399 g/mol.